The predicted molar refractivity (Wildman–Crippen MR) is 110 cm³/mol. The van der Waals surface area contributed by atoms with E-state index in [1.807, 2.05) is 0 Å². The number of allylic oxidation sites excluding steroid dienone is 2. The van der Waals surface area contributed by atoms with E-state index in [-0.39, 0.29) is 0 Å². The molecule has 3 fully saturated rings. The van der Waals surface area contributed by atoms with Crippen LogP contribution in [-0.4, -0.2) is 18.4 Å². The molecule has 0 atom stereocenters. The van der Waals surface area contributed by atoms with Crippen LogP contribution in [0, 0.1) is 0 Å². The number of rotatable bonds is 5. The Morgan fingerprint density at radius 1 is 0.625 bits per heavy atom. The van der Waals surface area contributed by atoms with Crippen molar-refractivity contribution in [3.63, 3.8) is 0 Å². The van der Waals surface area contributed by atoms with Crippen LogP contribution < -0.4 is 0 Å². The Morgan fingerprint density at radius 3 is 1.25 bits per heavy atom. The standard InChI is InChI=1S/3C6H11.C5H9.Sn/c3*1-2-4-6-5-3-1;1-4-5(2)3;/h3*1H,2-6H2;4H,1H2,2-3H3;. The molecule has 3 aliphatic rings. The summed E-state index contributed by atoms with van der Waals surface area (Å²) in [6.07, 6.45) is 26.6. The van der Waals surface area contributed by atoms with E-state index in [1.165, 1.54) is 31.1 Å². The van der Waals surface area contributed by atoms with E-state index in [1.54, 1.807) is 87.1 Å². The summed E-state index contributed by atoms with van der Waals surface area (Å²) >= 11 is -2.20. The van der Waals surface area contributed by atoms with Gasteiger partial charge in [-0.05, 0) is 0 Å². The fourth-order valence-corrected chi connectivity index (χ4v) is 30.2. The van der Waals surface area contributed by atoms with Gasteiger partial charge in [0.15, 0.2) is 0 Å². The van der Waals surface area contributed by atoms with Crippen molar-refractivity contribution in [2.45, 2.75) is 126 Å². The molecule has 3 rings (SSSR count). The van der Waals surface area contributed by atoms with Crippen LogP contribution >= 0.6 is 0 Å². The minimum atomic E-state index is -2.20. The van der Waals surface area contributed by atoms with Gasteiger partial charge >= 0.3 is 156 Å². The Bertz CT molecular complexity index is 343. The summed E-state index contributed by atoms with van der Waals surface area (Å²) < 4.78 is 5.36. The molecule has 1 heteroatoms. The molecular weight excluding hydrogens is 395 g/mol. The molecule has 0 aromatic rings. The third-order valence-electron chi connectivity index (χ3n) is 7.96. The molecule has 0 saturated heterocycles. The van der Waals surface area contributed by atoms with Crippen LogP contribution in [0.3, 0.4) is 0 Å². The number of hydrogen-bond acceptors (Lipinski definition) is 0. The van der Waals surface area contributed by atoms with Gasteiger partial charge in [-0.2, -0.15) is 0 Å². The quantitative estimate of drug-likeness (QED) is 0.299. The molecular formula is C23H42Sn. The molecule has 24 heavy (non-hydrogen) atoms. The first-order valence-electron chi connectivity index (χ1n) is 11.4. The van der Waals surface area contributed by atoms with Gasteiger partial charge in [-0.1, -0.05) is 0 Å². The molecule has 3 aliphatic carbocycles. The maximum absolute atomic E-state index is 2.74. The molecule has 0 aliphatic heterocycles. The van der Waals surface area contributed by atoms with Crippen LogP contribution in [0.2, 0.25) is 16.2 Å². The molecule has 0 radical (unpaired) electrons. The van der Waals surface area contributed by atoms with E-state index in [9.17, 15) is 0 Å². The van der Waals surface area contributed by atoms with Crippen molar-refractivity contribution in [2.75, 3.05) is 0 Å². The fraction of sp³-hybridized carbons (Fsp3) is 0.913. The van der Waals surface area contributed by atoms with Gasteiger partial charge in [-0.25, -0.2) is 0 Å². The van der Waals surface area contributed by atoms with Crippen LogP contribution in [0.5, 0.6) is 0 Å². The molecule has 0 N–H and O–H groups in total. The van der Waals surface area contributed by atoms with Gasteiger partial charge < -0.3 is 0 Å². The van der Waals surface area contributed by atoms with Gasteiger partial charge in [0.25, 0.3) is 0 Å². The summed E-state index contributed by atoms with van der Waals surface area (Å²) in [6.45, 7) is 4.72. The van der Waals surface area contributed by atoms with Crippen LogP contribution in [0.15, 0.2) is 11.6 Å². The van der Waals surface area contributed by atoms with Gasteiger partial charge in [0, 0.05) is 0 Å². The zero-order chi connectivity index (χ0) is 16.8. The number of hydrogen-bond donors (Lipinski definition) is 0. The third kappa shape index (κ3) is 4.44. The summed E-state index contributed by atoms with van der Waals surface area (Å²) in [5.74, 6) is 0. The van der Waals surface area contributed by atoms with Crippen LogP contribution in [-0.2, 0) is 0 Å². The normalized spacial score (nSPS) is 25.6. The van der Waals surface area contributed by atoms with Crippen LogP contribution in [0.1, 0.15) is 110 Å². The van der Waals surface area contributed by atoms with Crippen molar-refractivity contribution in [3.05, 3.63) is 11.6 Å². The molecule has 138 valence electrons. The van der Waals surface area contributed by atoms with Crippen molar-refractivity contribution >= 4 is 18.4 Å². The Balaban J connectivity index is 1.93. The zero-order valence-corrected chi connectivity index (χ0v) is 19.5. The van der Waals surface area contributed by atoms with Gasteiger partial charge in [0.2, 0.25) is 0 Å². The van der Waals surface area contributed by atoms with Crippen LogP contribution in [0.4, 0.5) is 0 Å². The zero-order valence-electron chi connectivity index (χ0n) is 16.6. The third-order valence-corrected chi connectivity index (χ3v) is 28.5. The van der Waals surface area contributed by atoms with E-state index in [4.69, 9.17) is 0 Å². The second kappa shape index (κ2) is 9.47. The molecule has 3 saturated carbocycles. The summed E-state index contributed by atoms with van der Waals surface area (Å²) in [4.78, 5) is 0. The maximum atomic E-state index is 2.74. The SMILES string of the molecule is CC(C)=C[CH2][Sn]([CH]1CCCCC1)([CH]1CCCCC1)[CH]1CCCCC1. The first kappa shape index (κ1) is 19.3. The van der Waals surface area contributed by atoms with E-state index in [0.717, 1.165) is 0 Å². The first-order valence-corrected chi connectivity index (χ1v) is 18.3. The van der Waals surface area contributed by atoms with E-state index < -0.39 is 18.4 Å². The summed E-state index contributed by atoms with van der Waals surface area (Å²) in [5, 5.41) is 0. The topological polar surface area (TPSA) is 0 Å². The Hall–Kier alpha value is 0.539. The Kier molecular flexibility index (Phi) is 7.62. The van der Waals surface area contributed by atoms with Gasteiger partial charge in [-0.15, -0.1) is 0 Å². The molecule has 0 nitrogen and oxygen atoms in total. The van der Waals surface area contributed by atoms with Crippen LogP contribution in [0.25, 0.3) is 0 Å². The van der Waals surface area contributed by atoms with E-state index in [2.05, 4.69) is 19.9 Å². The van der Waals surface area contributed by atoms with Gasteiger partial charge in [0.1, 0.15) is 0 Å². The van der Waals surface area contributed by atoms with Gasteiger partial charge in [-0.3, -0.25) is 0 Å². The molecule has 0 heterocycles. The van der Waals surface area contributed by atoms with E-state index in [0.29, 0.717) is 0 Å². The van der Waals surface area contributed by atoms with Gasteiger partial charge in [0.05, 0.1) is 0 Å². The second-order valence-corrected chi connectivity index (χ2v) is 24.1. The van der Waals surface area contributed by atoms with E-state index >= 15 is 0 Å². The predicted octanol–water partition coefficient (Wildman–Crippen LogP) is 8.40. The summed E-state index contributed by atoms with van der Waals surface area (Å²) in [5.41, 5.74) is 1.61. The average molecular weight is 437 g/mol. The molecule has 0 aromatic heterocycles. The molecule has 0 aromatic carbocycles. The van der Waals surface area contributed by atoms with Crippen molar-refractivity contribution in [1.82, 2.24) is 0 Å². The monoisotopic (exact) mass is 438 g/mol. The Labute approximate surface area is 156 Å². The molecule has 0 amide bonds. The average Bonchev–Trinajstić information content (AvgIpc) is 2.65. The summed E-state index contributed by atoms with van der Waals surface area (Å²) in [7, 11) is 0. The Morgan fingerprint density at radius 2 is 0.958 bits per heavy atom. The fourth-order valence-electron chi connectivity index (χ4n) is 6.80. The summed E-state index contributed by atoms with van der Waals surface area (Å²) in [6, 6.07) is 0. The van der Waals surface area contributed by atoms with Crippen molar-refractivity contribution in [1.29, 1.82) is 0 Å². The second-order valence-electron chi connectivity index (χ2n) is 9.60. The molecule has 0 spiro atoms. The molecule has 0 bridgehead atoms. The minimum absolute atomic E-state index is 1.25. The van der Waals surface area contributed by atoms with Crippen molar-refractivity contribution in [2.24, 2.45) is 0 Å². The van der Waals surface area contributed by atoms with Crippen molar-refractivity contribution in [3.8, 4) is 0 Å². The first-order chi connectivity index (χ1) is 11.7. The van der Waals surface area contributed by atoms with Crippen molar-refractivity contribution < 1.29 is 0 Å². The molecule has 0 unspecified atom stereocenters.